The van der Waals surface area contributed by atoms with E-state index in [4.69, 9.17) is 9.15 Å². The first-order chi connectivity index (χ1) is 22.9. The van der Waals surface area contributed by atoms with Crippen molar-refractivity contribution >= 4 is 29.3 Å². The van der Waals surface area contributed by atoms with Gasteiger partial charge < -0.3 is 28.8 Å². The number of hydrogen-bond donors (Lipinski definition) is 0. The molecule has 4 amide bonds. The monoisotopic (exact) mass is 664 g/mol. The van der Waals surface area contributed by atoms with Gasteiger partial charge in [-0.3, -0.25) is 19.2 Å². The second-order valence-corrected chi connectivity index (χ2v) is 11.5. The molecule has 1 fully saturated rings. The number of methoxy groups -OCH3 is 1. The lowest BCUT2D eigenvalue weighted by atomic mass is 10.0. The Morgan fingerprint density at radius 2 is 1.58 bits per heavy atom. The van der Waals surface area contributed by atoms with Gasteiger partial charge >= 0.3 is 6.18 Å². The molecule has 48 heavy (non-hydrogen) atoms. The molecule has 0 bridgehead atoms. The normalized spacial score (nSPS) is 15.0. The minimum Gasteiger partial charge on any atom is -0.497 e. The summed E-state index contributed by atoms with van der Waals surface area (Å²) >= 11 is 0. The van der Waals surface area contributed by atoms with Crippen molar-refractivity contribution in [1.29, 1.82) is 0 Å². The third kappa shape index (κ3) is 5.87. The number of piperazine rings is 1. The minimum absolute atomic E-state index is 0.0318. The van der Waals surface area contributed by atoms with E-state index in [0.29, 0.717) is 11.3 Å². The van der Waals surface area contributed by atoms with Gasteiger partial charge in [0.25, 0.3) is 23.6 Å². The lowest BCUT2D eigenvalue weighted by Crippen LogP contribution is -2.50. The number of hydrogen-bond acceptors (Lipinski definition) is 7. The summed E-state index contributed by atoms with van der Waals surface area (Å²) in [5.41, 5.74) is -1.12. The van der Waals surface area contributed by atoms with Crippen molar-refractivity contribution in [2.24, 2.45) is 0 Å². The smallest absolute Gasteiger partial charge is 0.435 e. The molecule has 6 rings (SSSR count). The fraction of sp³-hybridized carbons (Fsp3) is 0.303. The molecule has 250 valence electrons. The molecule has 4 heterocycles. The van der Waals surface area contributed by atoms with Gasteiger partial charge in [-0.15, -0.1) is 0 Å². The SMILES string of the molecule is COc1ccc(-n2nc(C(F)(F)F)c3c2C(=O)N(c2ccc(C(=O)N(C)C)cc2)CC3)c(C(=O)N2CCN(C(=O)c3ccco3)CC2)c1. The van der Waals surface area contributed by atoms with Crippen LogP contribution in [0.3, 0.4) is 0 Å². The second-order valence-electron chi connectivity index (χ2n) is 11.5. The van der Waals surface area contributed by atoms with Crippen molar-refractivity contribution in [3.63, 3.8) is 0 Å². The van der Waals surface area contributed by atoms with Crippen molar-refractivity contribution in [2.75, 3.05) is 58.8 Å². The predicted octanol–water partition coefficient (Wildman–Crippen LogP) is 4.00. The Balaban J connectivity index is 1.36. The van der Waals surface area contributed by atoms with E-state index in [9.17, 15) is 32.3 Å². The van der Waals surface area contributed by atoms with Gasteiger partial charge in [0.15, 0.2) is 11.5 Å². The van der Waals surface area contributed by atoms with E-state index in [1.54, 1.807) is 55.4 Å². The number of nitrogens with zero attached hydrogens (tertiary/aromatic N) is 6. The van der Waals surface area contributed by atoms with E-state index in [1.165, 1.54) is 46.3 Å². The van der Waals surface area contributed by atoms with E-state index in [1.807, 2.05) is 0 Å². The van der Waals surface area contributed by atoms with Crippen LogP contribution in [-0.2, 0) is 12.6 Å². The topological polar surface area (TPSA) is 121 Å². The van der Waals surface area contributed by atoms with Crippen LogP contribution in [0.5, 0.6) is 5.75 Å². The van der Waals surface area contributed by atoms with Gasteiger partial charge in [-0.2, -0.15) is 18.3 Å². The van der Waals surface area contributed by atoms with Crippen LogP contribution >= 0.6 is 0 Å². The van der Waals surface area contributed by atoms with Crippen molar-refractivity contribution in [3.8, 4) is 11.4 Å². The van der Waals surface area contributed by atoms with E-state index in [0.717, 1.165) is 4.68 Å². The molecule has 12 nitrogen and oxygen atoms in total. The summed E-state index contributed by atoms with van der Waals surface area (Å²) in [6, 6.07) is 13.6. The number of benzene rings is 2. The summed E-state index contributed by atoms with van der Waals surface area (Å²) in [6.07, 6.45) is -3.64. The highest BCUT2D eigenvalue weighted by molar-refractivity contribution is 6.08. The van der Waals surface area contributed by atoms with Gasteiger partial charge in [0.05, 0.1) is 24.6 Å². The fourth-order valence-corrected chi connectivity index (χ4v) is 5.89. The molecule has 2 aliphatic rings. The number of carbonyl (C=O) groups is 4. The highest BCUT2D eigenvalue weighted by atomic mass is 19.4. The van der Waals surface area contributed by atoms with Gasteiger partial charge in [-0.05, 0) is 61.0 Å². The lowest BCUT2D eigenvalue weighted by molar-refractivity contribution is -0.141. The van der Waals surface area contributed by atoms with Gasteiger partial charge in [-0.25, -0.2) is 4.68 Å². The zero-order chi connectivity index (χ0) is 34.3. The standard InChI is InChI=1S/C33H31F3N6O6/c1-38(2)29(43)20-6-8-21(9-7-20)41-13-12-23-27(32(41)46)42(37-28(23)33(34,35)36)25-11-10-22(47-3)19-24(25)30(44)39-14-16-40(17-15-39)31(45)26-5-4-18-48-26/h4-11,18-19H,12-17H2,1-3H3. The highest BCUT2D eigenvalue weighted by Crippen LogP contribution is 2.38. The van der Waals surface area contributed by atoms with Crippen LogP contribution in [0.25, 0.3) is 5.69 Å². The zero-order valence-electron chi connectivity index (χ0n) is 26.3. The molecule has 0 atom stereocenters. The summed E-state index contributed by atoms with van der Waals surface area (Å²) in [6.45, 7) is 0.633. The molecule has 0 spiro atoms. The summed E-state index contributed by atoms with van der Waals surface area (Å²) in [7, 11) is 4.60. The Morgan fingerprint density at radius 1 is 0.917 bits per heavy atom. The molecule has 15 heteroatoms. The van der Waals surface area contributed by atoms with Crippen molar-refractivity contribution < 1.29 is 41.5 Å². The van der Waals surface area contributed by atoms with E-state index < -0.39 is 23.7 Å². The summed E-state index contributed by atoms with van der Waals surface area (Å²) in [5.74, 6) is -1.40. The Kier molecular flexibility index (Phi) is 8.45. The first kappa shape index (κ1) is 32.3. The van der Waals surface area contributed by atoms with Gasteiger partial charge in [0, 0.05) is 63.6 Å². The lowest BCUT2D eigenvalue weighted by Gasteiger charge is -2.34. The fourth-order valence-electron chi connectivity index (χ4n) is 5.89. The van der Waals surface area contributed by atoms with Crippen LogP contribution in [0, 0.1) is 0 Å². The maximum atomic E-state index is 14.3. The number of ether oxygens (including phenoxy) is 1. The Labute approximate surface area is 272 Å². The van der Waals surface area contributed by atoms with E-state index in [2.05, 4.69) is 5.10 Å². The number of rotatable bonds is 6. The molecule has 2 aromatic heterocycles. The molecule has 2 aliphatic heterocycles. The number of amides is 4. The van der Waals surface area contributed by atoms with Crippen LogP contribution < -0.4 is 9.64 Å². The van der Waals surface area contributed by atoms with Crippen molar-refractivity contribution in [2.45, 2.75) is 12.6 Å². The molecular formula is C33H31F3N6O6. The van der Waals surface area contributed by atoms with Crippen LogP contribution in [0.4, 0.5) is 18.9 Å². The highest BCUT2D eigenvalue weighted by Gasteiger charge is 2.44. The number of carbonyl (C=O) groups excluding carboxylic acids is 4. The minimum atomic E-state index is -4.88. The zero-order valence-corrected chi connectivity index (χ0v) is 26.3. The number of aromatic nitrogens is 2. The first-order valence-corrected chi connectivity index (χ1v) is 15.0. The van der Waals surface area contributed by atoms with Crippen LogP contribution in [-0.4, -0.2) is 102 Å². The second kappa shape index (κ2) is 12.5. The van der Waals surface area contributed by atoms with E-state index >= 15 is 0 Å². The Hall–Kier alpha value is -5.60. The molecule has 0 aliphatic carbocycles. The summed E-state index contributed by atoms with van der Waals surface area (Å²) < 4.78 is 54.4. The molecule has 2 aromatic carbocycles. The van der Waals surface area contributed by atoms with Crippen molar-refractivity contribution in [3.05, 3.63) is 94.7 Å². The predicted molar refractivity (Wildman–Crippen MR) is 165 cm³/mol. The third-order valence-corrected chi connectivity index (χ3v) is 8.37. The molecule has 0 saturated carbocycles. The maximum absolute atomic E-state index is 14.3. The molecular weight excluding hydrogens is 633 g/mol. The van der Waals surface area contributed by atoms with Gasteiger partial charge in [-0.1, -0.05) is 0 Å². The molecule has 0 radical (unpaired) electrons. The Bertz CT molecular complexity index is 1880. The maximum Gasteiger partial charge on any atom is 0.435 e. The van der Waals surface area contributed by atoms with E-state index in [-0.39, 0.29) is 85.0 Å². The molecule has 0 unspecified atom stereocenters. The average molecular weight is 665 g/mol. The first-order valence-electron chi connectivity index (χ1n) is 15.0. The average Bonchev–Trinajstić information content (AvgIpc) is 3.77. The number of anilines is 1. The van der Waals surface area contributed by atoms with Crippen LogP contribution in [0.1, 0.15) is 53.0 Å². The summed E-state index contributed by atoms with van der Waals surface area (Å²) in [5, 5.41) is 3.90. The van der Waals surface area contributed by atoms with Gasteiger partial charge in [0.2, 0.25) is 0 Å². The number of furan rings is 1. The van der Waals surface area contributed by atoms with Crippen molar-refractivity contribution in [1.82, 2.24) is 24.5 Å². The Morgan fingerprint density at radius 3 is 2.17 bits per heavy atom. The molecule has 1 saturated heterocycles. The van der Waals surface area contributed by atoms with Gasteiger partial charge in [0.1, 0.15) is 11.4 Å². The quantitative estimate of drug-likeness (QED) is 0.306. The largest absolute Gasteiger partial charge is 0.497 e. The number of halogens is 3. The molecule has 0 N–H and O–H groups in total. The summed E-state index contributed by atoms with van der Waals surface area (Å²) in [4.78, 5) is 58.9. The van der Waals surface area contributed by atoms with Crippen LogP contribution in [0.2, 0.25) is 0 Å². The number of fused-ring (bicyclic) bond motifs is 1. The number of alkyl halides is 3. The van der Waals surface area contributed by atoms with Crippen LogP contribution in [0.15, 0.2) is 65.3 Å². The third-order valence-electron chi connectivity index (χ3n) is 8.37. The molecule has 4 aromatic rings.